The molecule has 2 bridgehead atoms. The number of rotatable bonds is 0. The van der Waals surface area contributed by atoms with Crippen LogP contribution in [0.5, 0.6) is 0 Å². The number of amides is 1. The van der Waals surface area contributed by atoms with E-state index in [1.165, 1.54) is 25.7 Å². The standard InChI is InChI=1S/C10H17NO/c12-10-9-5-1-3-7-11(10)8-4-2-6-9/h9H,1-8H2. The molecule has 0 unspecified atom stereocenters. The topological polar surface area (TPSA) is 20.3 Å². The highest BCUT2D eigenvalue weighted by Gasteiger charge is 2.28. The van der Waals surface area contributed by atoms with Gasteiger partial charge in [-0.3, -0.25) is 4.79 Å². The fourth-order valence-electron chi connectivity index (χ4n) is 2.37. The Hall–Kier alpha value is -0.530. The van der Waals surface area contributed by atoms with Crippen LogP contribution >= 0.6 is 0 Å². The van der Waals surface area contributed by atoms with Crippen molar-refractivity contribution >= 4 is 5.91 Å². The average molecular weight is 167 g/mol. The zero-order chi connectivity index (χ0) is 8.39. The lowest BCUT2D eigenvalue weighted by Gasteiger charge is -2.20. The third kappa shape index (κ3) is 1.47. The van der Waals surface area contributed by atoms with Crippen molar-refractivity contribution in [3.63, 3.8) is 0 Å². The molecule has 2 fully saturated rings. The summed E-state index contributed by atoms with van der Waals surface area (Å²) in [6, 6.07) is 0. The second-order valence-corrected chi connectivity index (χ2v) is 4.01. The lowest BCUT2D eigenvalue weighted by atomic mass is 9.97. The Kier molecular flexibility index (Phi) is 2.33. The molecule has 2 saturated heterocycles. The van der Waals surface area contributed by atoms with Crippen molar-refractivity contribution in [3.05, 3.63) is 0 Å². The van der Waals surface area contributed by atoms with Crippen LogP contribution in [-0.4, -0.2) is 23.9 Å². The van der Waals surface area contributed by atoms with Crippen LogP contribution in [0.15, 0.2) is 0 Å². The van der Waals surface area contributed by atoms with Gasteiger partial charge in [0.25, 0.3) is 0 Å². The first-order valence-corrected chi connectivity index (χ1v) is 5.17. The summed E-state index contributed by atoms with van der Waals surface area (Å²) in [5, 5.41) is 0. The Balaban J connectivity index is 2.12. The Morgan fingerprint density at radius 3 is 2.17 bits per heavy atom. The minimum absolute atomic E-state index is 0.384. The molecular weight excluding hydrogens is 150 g/mol. The second kappa shape index (κ2) is 3.46. The number of nitrogens with zero attached hydrogens (tertiary/aromatic N) is 1. The van der Waals surface area contributed by atoms with Crippen LogP contribution in [0.2, 0.25) is 0 Å². The van der Waals surface area contributed by atoms with Crippen LogP contribution in [0.3, 0.4) is 0 Å². The van der Waals surface area contributed by atoms with E-state index in [4.69, 9.17) is 0 Å². The van der Waals surface area contributed by atoms with Crippen molar-refractivity contribution in [1.29, 1.82) is 0 Å². The maximum atomic E-state index is 11.8. The van der Waals surface area contributed by atoms with E-state index in [0.29, 0.717) is 11.8 Å². The van der Waals surface area contributed by atoms with E-state index in [1.807, 2.05) is 0 Å². The maximum Gasteiger partial charge on any atom is 0.225 e. The minimum atomic E-state index is 0.384. The predicted octanol–water partition coefficient (Wildman–Crippen LogP) is 1.80. The van der Waals surface area contributed by atoms with Crippen molar-refractivity contribution in [1.82, 2.24) is 4.90 Å². The number of carbonyl (C=O) groups is 1. The van der Waals surface area contributed by atoms with Crippen molar-refractivity contribution in [3.8, 4) is 0 Å². The van der Waals surface area contributed by atoms with E-state index in [0.717, 1.165) is 25.9 Å². The van der Waals surface area contributed by atoms with Crippen molar-refractivity contribution in [2.45, 2.75) is 38.5 Å². The molecule has 0 aliphatic carbocycles. The Labute approximate surface area is 73.9 Å². The van der Waals surface area contributed by atoms with Crippen LogP contribution in [0.25, 0.3) is 0 Å². The minimum Gasteiger partial charge on any atom is -0.342 e. The molecule has 0 N–H and O–H groups in total. The van der Waals surface area contributed by atoms with Gasteiger partial charge >= 0.3 is 0 Å². The fraction of sp³-hybridized carbons (Fsp3) is 0.900. The summed E-state index contributed by atoms with van der Waals surface area (Å²) in [4.78, 5) is 13.9. The van der Waals surface area contributed by atoms with Gasteiger partial charge in [0.2, 0.25) is 5.91 Å². The molecule has 0 aromatic heterocycles. The summed E-state index contributed by atoms with van der Waals surface area (Å²) in [5.41, 5.74) is 0. The van der Waals surface area contributed by atoms with Crippen LogP contribution in [0.1, 0.15) is 38.5 Å². The van der Waals surface area contributed by atoms with Crippen LogP contribution in [0.4, 0.5) is 0 Å². The molecule has 0 aromatic carbocycles. The third-order valence-electron chi connectivity index (χ3n) is 3.12. The molecule has 2 heterocycles. The van der Waals surface area contributed by atoms with Gasteiger partial charge in [0.15, 0.2) is 0 Å². The summed E-state index contributed by atoms with van der Waals surface area (Å²) in [7, 11) is 0. The van der Waals surface area contributed by atoms with Gasteiger partial charge in [-0.15, -0.1) is 0 Å². The Bertz CT molecular complexity index is 149. The predicted molar refractivity (Wildman–Crippen MR) is 47.8 cm³/mol. The summed E-state index contributed by atoms with van der Waals surface area (Å²) in [6.45, 7) is 2.05. The zero-order valence-electron chi connectivity index (χ0n) is 7.59. The summed E-state index contributed by atoms with van der Waals surface area (Å²) < 4.78 is 0. The smallest absolute Gasteiger partial charge is 0.225 e. The van der Waals surface area contributed by atoms with E-state index in [1.54, 1.807) is 0 Å². The molecule has 0 saturated carbocycles. The van der Waals surface area contributed by atoms with Crippen LogP contribution in [0, 0.1) is 5.92 Å². The second-order valence-electron chi connectivity index (χ2n) is 4.01. The Morgan fingerprint density at radius 2 is 1.58 bits per heavy atom. The Morgan fingerprint density at radius 1 is 1.00 bits per heavy atom. The summed E-state index contributed by atoms with van der Waals surface area (Å²) in [6.07, 6.45) is 7.26. The largest absolute Gasteiger partial charge is 0.342 e. The number of carbonyl (C=O) groups excluding carboxylic acids is 1. The molecule has 12 heavy (non-hydrogen) atoms. The highest BCUT2D eigenvalue weighted by atomic mass is 16.2. The van der Waals surface area contributed by atoms with Crippen molar-refractivity contribution in [2.24, 2.45) is 5.92 Å². The van der Waals surface area contributed by atoms with E-state index in [9.17, 15) is 4.79 Å². The van der Waals surface area contributed by atoms with Crippen LogP contribution < -0.4 is 0 Å². The normalized spacial score (nSPS) is 26.7. The van der Waals surface area contributed by atoms with E-state index >= 15 is 0 Å². The van der Waals surface area contributed by atoms with Gasteiger partial charge in [-0.25, -0.2) is 0 Å². The number of hydrogen-bond donors (Lipinski definition) is 0. The highest BCUT2D eigenvalue weighted by molar-refractivity contribution is 5.79. The van der Waals surface area contributed by atoms with Crippen LogP contribution in [-0.2, 0) is 4.79 Å². The molecule has 68 valence electrons. The average Bonchev–Trinajstić information content (AvgIpc) is 2.37. The molecule has 1 amide bonds. The highest BCUT2D eigenvalue weighted by Crippen LogP contribution is 2.25. The molecule has 2 heteroatoms. The molecular formula is C10H17NO. The SMILES string of the molecule is O=C1C2CCCCN1CCCC2. The molecule has 0 spiro atoms. The first-order chi connectivity index (χ1) is 5.88. The van der Waals surface area contributed by atoms with E-state index in [2.05, 4.69) is 4.90 Å². The van der Waals surface area contributed by atoms with E-state index < -0.39 is 0 Å². The molecule has 2 rings (SSSR count). The quantitative estimate of drug-likeness (QED) is 0.538. The van der Waals surface area contributed by atoms with Gasteiger partial charge in [0.1, 0.15) is 0 Å². The molecule has 2 aliphatic heterocycles. The van der Waals surface area contributed by atoms with Gasteiger partial charge in [-0.05, 0) is 25.7 Å². The molecule has 0 radical (unpaired) electrons. The molecule has 2 nitrogen and oxygen atoms in total. The van der Waals surface area contributed by atoms with Gasteiger partial charge in [0, 0.05) is 19.0 Å². The van der Waals surface area contributed by atoms with E-state index in [-0.39, 0.29) is 0 Å². The van der Waals surface area contributed by atoms with Crippen molar-refractivity contribution in [2.75, 3.05) is 13.1 Å². The first-order valence-electron chi connectivity index (χ1n) is 5.17. The fourth-order valence-corrected chi connectivity index (χ4v) is 2.37. The molecule has 0 aromatic rings. The monoisotopic (exact) mass is 167 g/mol. The van der Waals surface area contributed by atoms with Gasteiger partial charge in [0.05, 0.1) is 0 Å². The lowest BCUT2D eigenvalue weighted by molar-refractivity contribution is -0.134. The van der Waals surface area contributed by atoms with Gasteiger partial charge < -0.3 is 4.90 Å². The summed E-state index contributed by atoms with van der Waals surface area (Å²) in [5.74, 6) is 0.833. The van der Waals surface area contributed by atoms with Gasteiger partial charge in [-0.1, -0.05) is 12.8 Å². The lowest BCUT2D eigenvalue weighted by Crippen LogP contribution is -2.33. The maximum absolute atomic E-state index is 11.8. The molecule has 0 atom stereocenters. The zero-order valence-corrected chi connectivity index (χ0v) is 7.59. The summed E-state index contributed by atoms with van der Waals surface area (Å²) >= 11 is 0. The first kappa shape index (κ1) is 8.09. The van der Waals surface area contributed by atoms with Crippen molar-refractivity contribution < 1.29 is 4.79 Å². The number of fused-ring (bicyclic) bond motifs is 2. The van der Waals surface area contributed by atoms with Gasteiger partial charge in [-0.2, -0.15) is 0 Å². The third-order valence-corrected chi connectivity index (χ3v) is 3.12. The number of hydrogen-bond acceptors (Lipinski definition) is 1. The molecule has 2 aliphatic rings.